The number of rotatable bonds is 8. The van der Waals surface area contributed by atoms with Gasteiger partial charge in [-0.1, -0.05) is 12.1 Å². The van der Waals surface area contributed by atoms with E-state index in [4.69, 9.17) is 9.47 Å². The molecule has 34 heavy (non-hydrogen) atoms. The molecule has 0 spiro atoms. The Labute approximate surface area is 201 Å². The van der Waals surface area contributed by atoms with Crippen LogP contribution in [0.1, 0.15) is 47.1 Å². The van der Waals surface area contributed by atoms with Crippen molar-refractivity contribution >= 4 is 21.9 Å². The molecule has 0 radical (unpaired) electrons. The van der Waals surface area contributed by atoms with Crippen molar-refractivity contribution in [3.8, 4) is 5.75 Å². The van der Waals surface area contributed by atoms with E-state index in [9.17, 15) is 18.0 Å². The van der Waals surface area contributed by atoms with Crippen molar-refractivity contribution in [2.45, 2.75) is 45.1 Å². The molecule has 1 aliphatic heterocycles. The smallest absolute Gasteiger partial charge is 0.341 e. The number of carbonyl (C=O) groups excluding carboxylic acids is 2. The van der Waals surface area contributed by atoms with E-state index in [1.807, 2.05) is 24.3 Å². The van der Waals surface area contributed by atoms with E-state index in [2.05, 4.69) is 5.32 Å². The van der Waals surface area contributed by atoms with Crippen LogP contribution < -0.4 is 10.1 Å². The Morgan fingerprint density at radius 1 is 1.15 bits per heavy atom. The fourth-order valence-corrected chi connectivity index (χ4v) is 6.26. The predicted molar refractivity (Wildman–Crippen MR) is 127 cm³/mol. The normalized spacial score (nSPS) is 16.8. The van der Waals surface area contributed by atoms with Gasteiger partial charge in [-0.2, -0.15) is 4.31 Å². The number of hydrogen-bond acceptors (Lipinski definition) is 6. The molecule has 1 atom stereocenters. The van der Waals surface area contributed by atoms with Crippen molar-refractivity contribution in [3.05, 3.63) is 46.8 Å². The summed E-state index contributed by atoms with van der Waals surface area (Å²) < 4.78 is 40.6. The van der Waals surface area contributed by atoms with Gasteiger partial charge < -0.3 is 19.4 Å². The van der Waals surface area contributed by atoms with Crippen LogP contribution in [0.5, 0.6) is 5.75 Å². The summed E-state index contributed by atoms with van der Waals surface area (Å²) >= 11 is 0. The number of carbonyl (C=O) groups is 2. The van der Waals surface area contributed by atoms with Crippen LogP contribution in [0.3, 0.4) is 0 Å². The molecule has 1 saturated heterocycles. The molecule has 1 amide bonds. The Morgan fingerprint density at radius 3 is 2.44 bits per heavy atom. The molecular weight excluding hydrogens is 458 g/mol. The van der Waals surface area contributed by atoms with Gasteiger partial charge in [0.05, 0.1) is 19.6 Å². The molecule has 10 heteroatoms. The zero-order chi connectivity index (χ0) is 25.0. The van der Waals surface area contributed by atoms with Gasteiger partial charge in [0.15, 0.2) is 0 Å². The van der Waals surface area contributed by atoms with Crippen molar-refractivity contribution in [1.29, 1.82) is 0 Å². The summed E-state index contributed by atoms with van der Waals surface area (Å²) in [6.07, 6.45) is 1.15. The summed E-state index contributed by atoms with van der Waals surface area (Å²) in [7, 11) is -0.701. The van der Waals surface area contributed by atoms with Crippen molar-refractivity contribution < 1.29 is 27.5 Å². The maximum atomic E-state index is 13.7. The highest BCUT2D eigenvalue weighted by molar-refractivity contribution is 7.89. The van der Waals surface area contributed by atoms with E-state index < -0.39 is 21.9 Å². The van der Waals surface area contributed by atoms with Crippen LogP contribution in [0.25, 0.3) is 0 Å². The Bertz CT molecular complexity index is 1150. The average molecular weight is 492 g/mol. The van der Waals surface area contributed by atoms with Crippen LogP contribution in [0, 0.1) is 19.8 Å². The van der Waals surface area contributed by atoms with Crippen molar-refractivity contribution in [3.63, 3.8) is 0 Å². The van der Waals surface area contributed by atoms with E-state index in [1.165, 1.54) is 4.31 Å². The first-order chi connectivity index (χ1) is 16.1. The van der Waals surface area contributed by atoms with Crippen LogP contribution >= 0.6 is 0 Å². The number of nitrogens with zero attached hydrogens (tertiary/aromatic N) is 2. The van der Waals surface area contributed by atoms with Gasteiger partial charge in [-0.25, -0.2) is 13.2 Å². The van der Waals surface area contributed by atoms with Gasteiger partial charge in [0, 0.05) is 38.1 Å². The lowest BCUT2D eigenvalue weighted by Gasteiger charge is -2.31. The van der Waals surface area contributed by atoms with Gasteiger partial charge in [-0.05, 0) is 51.3 Å². The third-order valence-corrected chi connectivity index (χ3v) is 8.41. The first-order valence-corrected chi connectivity index (χ1v) is 12.8. The number of methoxy groups -OCH3 is 1. The van der Waals surface area contributed by atoms with Crippen molar-refractivity contribution in [2.75, 3.05) is 26.8 Å². The molecule has 0 saturated carbocycles. The average Bonchev–Trinajstić information content (AvgIpc) is 3.07. The van der Waals surface area contributed by atoms with Gasteiger partial charge in [-0.3, -0.25) is 4.79 Å². The minimum atomic E-state index is -4.01. The summed E-state index contributed by atoms with van der Waals surface area (Å²) in [5, 5.41) is 2.91. The lowest BCUT2D eigenvalue weighted by atomic mass is 9.99. The number of esters is 1. The second-order valence-electron chi connectivity index (χ2n) is 8.42. The number of piperidine rings is 1. The highest BCUT2D eigenvalue weighted by Crippen LogP contribution is 2.32. The maximum Gasteiger partial charge on any atom is 0.341 e. The van der Waals surface area contributed by atoms with Gasteiger partial charge in [0.25, 0.3) is 0 Å². The summed E-state index contributed by atoms with van der Waals surface area (Å²) in [6.45, 7) is 5.89. The Morgan fingerprint density at radius 2 is 1.82 bits per heavy atom. The van der Waals surface area contributed by atoms with Gasteiger partial charge in [0.2, 0.25) is 15.9 Å². The number of benzene rings is 1. The molecule has 3 rings (SSSR count). The molecule has 186 valence electrons. The predicted octanol–water partition coefficient (Wildman–Crippen LogP) is 2.54. The van der Waals surface area contributed by atoms with Crippen LogP contribution in [-0.4, -0.2) is 56.0 Å². The van der Waals surface area contributed by atoms with E-state index in [-0.39, 0.29) is 29.5 Å². The first kappa shape index (κ1) is 25.8. The molecule has 9 nitrogen and oxygen atoms in total. The van der Waals surface area contributed by atoms with Gasteiger partial charge in [0.1, 0.15) is 16.2 Å². The molecule has 2 heterocycles. The molecule has 1 fully saturated rings. The molecule has 0 aliphatic carbocycles. The minimum absolute atomic E-state index is 0.0368. The summed E-state index contributed by atoms with van der Waals surface area (Å²) in [6, 6.07) is 7.38. The van der Waals surface area contributed by atoms with Crippen LogP contribution in [0.2, 0.25) is 0 Å². The molecule has 0 bridgehead atoms. The number of aromatic nitrogens is 1. The highest BCUT2D eigenvalue weighted by Gasteiger charge is 2.38. The third-order valence-electron chi connectivity index (χ3n) is 6.38. The van der Waals surface area contributed by atoms with Crippen LogP contribution in [-0.2, 0) is 33.1 Å². The fraction of sp³-hybridized carbons (Fsp3) is 0.500. The second-order valence-corrected chi connectivity index (χ2v) is 10.3. The number of ether oxygens (including phenoxy) is 2. The minimum Gasteiger partial charge on any atom is -0.497 e. The van der Waals surface area contributed by atoms with Crippen LogP contribution in [0.15, 0.2) is 29.2 Å². The lowest BCUT2D eigenvalue weighted by molar-refractivity contribution is -0.126. The quantitative estimate of drug-likeness (QED) is 0.569. The highest BCUT2D eigenvalue weighted by atomic mass is 32.2. The number of amides is 1. The Hall–Kier alpha value is -2.85. The standard InChI is InChI=1S/C24H33N3O6S/c1-6-33-24(29)21-16(2)26(4)17(3)22(21)34(30,31)27-13-7-8-19(15-27)23(28)25-14-18-9-11-20(32-5)12-10-18/h9-12,19H,6-8,13-15H2,1-5H3,(H,25,28). The second kappa shape index (κ2) is 10.6. The molecular formula is C24H33N3O6S. The SMILES string of the molecule is CCOC(=O)c1c(S(=O)(=O)N2CCCC(C(=O)NCc3ccc(OC)cc3)C2)c(C)n(C)c1C. The van der Waals surface area contributed by atoms with Crippen molar-refractivity contribution in [2.24, 2.45) is 13.0 Å². The molecule has 2 aromatic rings. The third kappa shape index (κ3) is 5.12. The lowest BCUT2D eigenvalue weighted by Crippen LogP contribution is -2.45. The Balaban J connectivity index is 1.78. The van der Waals surface area contributed by atoms with E-state index in [0.29, 0.717) is 37.3 Å². The molecule has 1 N–H and O–H groups in total. The van der Waals surface area contributed by atoms with Crippen LogP contribution in [0.4, 0.5) is 0 Å². The summed E-state index contributed by atoms with van der Waals surface area (Å²) in [5.41, 5.74) is 1.98. The topological polar surface area (TPSA) is 107 Å². The summed E-state index contributed by atoms with van der Waals surface area (Å²) in [4.78, 5) is 25.4. The zero-order valence-electron chi connectivity index (χ0n) is 20.4. The Kier molecular flexibility index (Phi) is 8.04. The maximum absolute atomic E-state index is 13.7. The zero-order valence-corrected chi connectivity index (χ0v) is 21.2. The van der Waals surface area contributed by atoms with E-state index in [0.717, 1.165) is 11.3 Å². The molecule has 1 unspecified atom stereocenters. The molecule has 1 aromatic heterocycles. The van der Waals surface area contributed by atoms with Gasteiger partial charge in [-0.15, -0.1) is 0 Å². The fourth-order valence-electron chi connectivity index (χ4n) is 4.26. The number of hydrogen-bond donors (Lipinski definition) is 1. The number of nitrogens with one attached hydrogen (secondary N) is 1. The number of sulfonamides is 1. The molecule has 1 aromatic carbocycles. The largest absolute Gasteiger partial charge is 0.497 e. The molecule has 1 aliphatic rings. The first-order valence-electron chi connectivity index (χ1n) is 11.4. The monoisotopic (exact) mass is 491 g/mol. The van der Waals surface area contributed by atoms with E-state index in [1.54, 1.807) is 39.5 Å². The van der Waals surface area contributed by atoms with Crippen molar-refractivity contribution in [1.82, 2.24) is 14.2 Å². The van der Waals surface area contributed by atoms with E-state index >= 15 is 0 Å². The summed E-state index contributed by atoms with van der Waals surface area (Å²) in [5.74, 6) is -0.592. The van der Waals surface area contributed by atoms with Gasteiger partial charge >= 0.3 is 5.97 Å².